The molecule has 0 bridgehead atoms. The van der Waals surface area contributed by atoms with Gasteiger partial charge in [0.2, 0.25) is 5.91 Å². The molecule has 26 heavy (non-hydrogen) atoms. The molecule has 3 rings (SSSR count). The number of likely N-dealkylation sites (tertiary alicyclic amines) is 2. The maximum absolute atomic E-state index is 12.1. The van der Waals surface area contributed by atoms with Gasteiger partial charge in [0.25, 0.3) is 0 Å². The van der Waals surface area contributed by atoms with E-state index in [9.17, 15) is 9.90 Å². The van der Waals surface area contributed by atoms with E-state index in [-0.39, 0.29) is 11.3 Å². The zero-order valence-corrected chi connectivity index (χ0v) is 15.9. The fourth-order valence-electron chi connectivity index (χ4n) is 4.24. The molecule has 2 aliphatic heterocycles. The van der Waals surface area contributed by atoms with Crippen LogP contribution in [-0.4, -0.2) is 66.2 Å². The number of amides is 1. The van der Waals surface area contributed by atoms with Crippen LogP contribution in [-0.2, 0) is 4.79 Å². The highest BCUT2D eigenvalue weighted by atomic mass is 16.5. The van der Waals surface area contributed by atoms with Crippen LogP contribution in [0.3, 0.4) is 0 Å². The first kappa shape index (κ1) is 19.2. The number of nitrogens with zero attached hydrogens (tertiary/aromatic N) is 2. The Balaban J connectivity index is 1.39. The van der Waals surface area contributed by atoms with Crippen molar-refractivity contribution >= 4 is 5.91 Å². The van der Waals surface area contributed by atoms with Gasteiger partial charge in [-0.3, -0.25) is 4.79 Å². The Morgan fingerprint density at radius 1 is 1.19 bits per heavy atom. The van der Waals surface area contributed by atoms with Crippen LogP contribution in [0.1, 0.15) is 39.0 Å². The molecule has 1 spiro atoms. The molecule has 2 saturated heterocycles. The molecule has 1 aromatic carbocycles. The number of aliphatic hydroxyl groups excluding tert-OH is 1. The van der Waals surface area contributed by atoms with Crippen molar-refractivity contribution in [2.75, 3.05) is 39.3 Å². The molecular weight excluding hydrogens is 328 g/mol. The van der Waals surface area contributed by atoms with Crippen molar-refractivity contribution in [3.63, 3.8) is 0 Å². The number of piperidine rings is 2. The Bertz CT molecular complexity index is 568. The van der Waals surface area contributed by atoms with Crippen molar-refractivity contribution in [1.82, 2.24) is 9.80 Å². The number of hydrogen-bond donors (Lipinski definition) is 1. The highest BCUT2D eigenvalue weighted by Crippen LogP contribution is 2.40. The first-order valence-electron chi connectivity index (χ1n) is 9.92. The predicted octanol–water partition coefficient (Wildman–Crippen LogP) is 2.54. The fraction of sp³-hybridized carbons (Fsp3) is 0.667. The quantitative estimate of drug-likeness (QED) is 0.759. The molecule has 5 nitrogen and oxygen atoms in total. The molecule has 1 unspecified atom stereocenters. The van der Waals surface area contributed by atoms with Crippen LogP contribution in [0.4, 0.5) is 0 Å². The van der Waals surface area contributed by atoms with Crippen molar-refractivity contribution < 1.29 is 14.6 Å². The van der Waals surface area contributed by atoms with Gasteiger partial charge in [0, 0.05) is 26.1 Å². The molecule has 0 aliphatic carbocycles. The molecule has 2 heterocycles. The number of β-amino-alcohol motifs (C(OH)–C–C–N with tert-alkyl or cyclic N) is 1. The summed E-state index contributed by atoms with van der Waals surface area (Å²) in [6.45, 7) is 7.07. The van der Waals surface area contributed by atoms with E-state index >= 15 is 0 Å². The van der Waals surface area contributed by atoms with Crippen molar-refractivity contribution in [2.45, 2.75) is 45.1 Å². The van der Waals surface area contributed by atoms with Crippen molar-refractivity contribution in [3.05, 3.63) is 30.3 Å². The maximum atomic E-state index is 12.1. The van der Waals surface area contributed by atoms with Gasteiger partial charge in [0.1, 0.15) is 5.75 Å². The Hall–Kier alpha value is -1.59. The van der Waals surface area contributed by atoms with Crippen LogP contribution in [0.2, 0.25) is 0 Å². The predicted molar refractivity (Wildman–Crippen MR) is 102 cm³/mol. The second-order valence-corrected chi connectivity index (χ2v) is 7.98. The maximum Gasteiger partial charge on any atom is 0.222 e. The van der Waals surface area contributed by atoms with Gasteiger partial charge >= 0.3 is 0 Å². The number of benzene rings is 1. The molecule has 1 amide bonds. The molecule has 144 valence electrons. The summed E-state index contributed by atoms with van der Waals surface area (Å²) in [7, 11) is 0. The minimum atomic E-state index is -0.446. The molecular formula is C21H32N2O3. The van der Waals surface area contributed by atoms with Gasteiger partial charge in [-0.1, -0.05) is 18.2 Å². The molecule has 2 aliphatic rings. The highest BCUT2D eigenvalue weighted by molar-refractivity contribution is 5.77. The van der Waals surface area contributed by atoms with Gasteiger partial charge < -0.3 is 19.6 Å². The molecule has 0 saturated carbocycles. The normalized spacial score (nSPS) is 21.8. The van der Waals surface area contributed by atoms with Gasteiger partial charge in [0.05, 0.1) is 12.7 Å². The van der Waals surface area contributed by atoms with Crippen LogP contribution in [0.15, 0.2) is 30.3 Å². The number of carbonyl (C=O) groups is 1. The number of ether oxygens (including phenoxy) is 1. The van der Waals surface area contributed by atoms with Gasteiger partial charge in [0.15, 0.2) is 0 Å². The molecule has 1 aromatic rings. The number of carbonyl (C=O) groups excluding carboxylic acids is 1. The summed E-state index contributed by atoms with van der Waals surface area (Å²) in [5.74, 6) is 1.15. The Labute approximate surface area is 156 Å². The smallest absolute Gasteiger partial charge is 0.222 e. The number of rotatable bonds is 7. The van der Waals surface area contributed by atoms with Gasteiger partial charge in [-0.2, -0.15) is 0 Å². The first-order chi connectivity index (χ1) is 12.6. The highest BCUT2D eigenvalue weighted by Gasteiger charge is 2.40. The van der Waals surface area contributed by atoms with E-state index in [1.54, 1.807) is 6.92 Å². The van der Waals surface area contributed by atoms with Gasteiger partial charge in [-0.15, -0.1) is 0 Å². The standard InChI is InChI=1S/C21H32N2O3/c1-18(24)16-23-17-21(9-8-20(23)25)10-13-22(14-11-21)12-5-15-26-19-6-3-2-4-7-19/h2-4,6-7,18,24H,5,8-17H2,1H3. The number of aliphatic hydroxyl groups is 1. The molecule has 0 aromatic heterocycles. The van der Waals surface area contributed by atoms with Crippen molar-refractivity contribution in [2.24, 2.45) is 5.41 Å². The van der Waals surface area contributed by atoms with Crippen molar-refractivity contribution in [1.29, 1.82) is 0 Å². The van der Waals surface area contributed by atoms with Crippen molar-refractivity contribution in [3.8, 4) is 5.75 Å². The lowest BCUT2D eigenvalue weighted by Crippen LogP contribution is -2.52. The monoisotopic (exact) mass is 360 g/mol. The zero-order chi connectivity index (χ0) is 18.4. The summed E-state index contributed by atoms with van der Waals surface area (Å²) in [5.41, 5.74) is 0.264. The topological polar surface area (TPSA) is 53.0 Å². The van der Waals surface area contributed by atoms with E-state index in [1.165, 1.54) is 0 Å². The third kappa shape index (κ3) is 5.21. The largest absolute Gasteiger partial charge is 0.494 e. The molecule has 1 atom stereocenters. The number of hydrogen-bond acceptors (Lipinski definition) is 4. The van der Waals surface area contributed by atoms with Crippen LogP contribution >= 0.6 is 0 Å². The zero-order valence-electron chi connectivity index (χ0n) is 15.9. The minimum absolute atomic E-state index is 0.206. The van der Waals surface area contributed by atoms with E-state index in [1.807, 2.05) is 35.2 Å². The summed E-state index contributed by atoms with van der Waals surface area (Å²) < 4.78 is 5.78. The fourth-order valence-corrected chi connectivity index (χ4v) is 4.24. The lowest BCUT2D eigenvalue weighted by Gasteiger charge is -2.47. The average Bonchev–Trinajstić information content (AvgIpc) is 2.64. The van der Waals surface area contributed by atoms with E-state index < -0.39 is 6.10 Å². The summed E-state index contributed by atoms with van der Waals surface area (Å²) in [4.78, 5) is 16.5. The number of para-hydroxylation sites is 1. The molecule has 2 fully saturated rings. The lowest BCUT2D eigenvalue weighted by atomic mass is 9.72. The molecule has 0 radical (unpaired) electrons. The van der Waals surface area contributed by atoms with Gasteiger partial charge in [-0.25, -0.2) is 0 Å². The molecule has 5 heteroatoms. The SMILES string of the molecule is CC(O)CN1CC2(CCC1=O)CCN(CCCOc1ccccc1)CC2. The molecule has 1 N–H and O–H groups in total. The third-order valence-electron chi connectivity index (χ3n) is 5.78. The Kier molecular flexibility index (Phi) is 6.54. The summed E-state index contributed by atoms with van der Waals surface area (Å²) >= 11 is 0. The van der Waals surface area contributed by atoms with Crippen LogP contribution < -0.4 is 4.74 Å². The average molecular weight is 360 g/mol. The second-order valence-electron chi connectivity index (χ2n) is 7.98. The summed E-state index contributed by atoms with van der Waals surface area (Å²) in [5, 5.41) is 9.64. The minimum Gasteiger partial charge on any atom is -0.494 e. The van der Waals surface area contributed by atoms with E-state index in [4.69, 9.17) is 4.74 Å². The van der Waals surface area contributed by atoms with Crippen LogP contribution in [0.25, 0.3) is 0 Å². The third-order valence-corrected chi connectivity index (χ3v) is 5.78. The van der Waals surface area contributed by atoms with Gasteiger partial charge in [-0.05, 0) is 63.2 Å². The summed E-state index contributed by atoms with van der Waals surface area (Å²) in [6.07, 6.45) is 4.53. The van der Waals surface area contributed by atoms with Crippen LogP contribution in [0, 0.1) is 5.41 Å². The van der Waals surface area contributed by atoms with E-state index in [2.05, 4.69) is 4.90 Å². The first-order valence-corrected chi connectivity index (χ1v) is 9.92. The second kappa shape index (κ2) is 8.87. The Morgan fingerprint density at radius 2 is 1.92 bits per heavy atom. The summed E-state index contributed by atoms with van der Waals surface area (Å²) in [6, 6.07) is 9.98. The Morgan fingerprint density at radius 3 is 2.62 bits per heavy atom. The van der Waals surface area contributed by atoms with E-state index in [0.717, 1.165) is 64.2 Å². The lowest BCUT2D eigenvalue weighted by molar-refractivity contribution is -0.140. The van der Waals surface area contributed by atoms with Crippen LogP contribution in [0.5, 0.6) is 5.75 Å². The van der Waals surface area contributed by atoms with E-state index in [0.29, 0.717) is 13.0 Å².